The van der Waals surface area contributed by atoms with Crippen molar-refractivity contribution in [3.05, 3.63) is 70.0 Å². The van der Waals surface area contributed by atoms with Crippen molar-refractivity contribution in [2.45, 2.75) is 20.4 Å². The van der Waals surface area contributed by atoms with Crippen LogP contribution >= 0.6 is 29.4 Å². The molecule has 24 heavy (non-hydrogen) atoms. The number of halogens is 1. The zero-order valence-electron chi connectivity index (χ0n) is 12.5. The molecule has 0 saturated carbocycles. The van der Waals surface area contributed by atoms with E-state index in [1.54, 1.807) is 18.2 Å². The molecule has 1 aromatic carbocycles. The maximum absolute atomic E-state index is 12.2. The second-order valence-corrected chi connectivity index (χ2v) is 5.47. The van der Waals surface area contributed by atoms with Gasteiger partial charge in [-0.25, -0.2) is 4.98 Å². The lowest BCUT2D eigenvalue weighted by molar-refractivity contribution is -0.117. The number of pyridine rings is 1. The van der Waals surface area contributed by atoms with Gasteiger partial charge in [0.05, 0.1) is 11.7 Å². The molecule has 0 aliphatic carbocycles. The third kappa shape index (κ3) is 6.19. The van der Waals surface area contributed by atoms with Gasteiger partial charge in [-0.2, -0.15) is 18.8 Å². The molecule has 2 rings (SSSR count). The van der Waals surface area contributed by atoms with Gasteiger partial charge in [-0.15, -0.1) is 0 Å². The molecule has 1 N–H and O–H groups in total. The number of amides is 1. The van der Waals surface area contributed by atoms with E-state index < -0.39 is 5.91 Å². The zero-order valence-corrected chi connectivity index (χ0v) is 15.0. The maximum atomic E-state index is 12.2. The monoisotopic (exact) mass is 405 g/mol. The Kier molecular flexibility index (Phi) is 9.70. The summed E-state index contributed by atoms with van der Waals surface area (Å²) < 4.78 is 0.650. The van der Waals surface area contributed by atoms with Crippen molar-refractivity contribution in [2.24, 2.45) is 0 Å². The number of nitriles is 1. The zero-order chi connectivity index (χ0) is 15.9. The van der Waals surface area contributed by atoms with E-state index in [9.17, 15) is 10.1 Å². The van der Waals surface area contributed by atoms with Crippen LogP contribution < -0.4 is 5.32 Å². The highest BCUT2D eigenvalue weighted by Gasteiger charge is 2.13. The summed E-state index contributed by atoms with van der Waals surface area (Å²) in [6.07, 6.45) is 1.47. The van der Waals surface area contributed by atoms with Crippen LogP contribution in [0.3, 0.4) is 0 Å². The standard InChI is InChI=1S/C17H14BrN3O.CH4.H2S/c1-12(13-6-3-2-4-7-13)20-17(22)14(11-19)10-15-8-5-9-16(18)21-15;;/h2-10,12H,1H3,(H,20,22);1H4;1H2/b14-10+;;/t12-;;/m0../s1. The Labute approximate surface area is 158 Å². The lowest BCUT2D eigenvalue weighted by Crippen LogP contribution is -2.27. The Hall–Kier alpha value is -2.10. The van der Waals surface area contributed by atoms with Gasteiger partial charge < -0.3 is 5.32 Å². The van der Waals surface area contributed by atoms with Gasteiger partial charge in [0.1, 0.15) is 16.2 Å². The summed E-state index contributed by atoms with van der Waals surface area (Å²) in [6.45, 7) is 1.87. The van der Waals surface area contributed by atoms with Gasteiger partial charge in [-0.05, 0) is 46.6 Å². The molecule has 126 valence electrons. The largest absolute Gasteiger partial charge is 0.345 e. The van der Waals surface area contributed by atoms with E-state index in [1.165, 1.54) is 6.08 Å². The summed E-state index contributed by atoms with van der Waals surface area (Å²) in [5, 5.41) is 12.0. The highest BCUT2D eigenvalue weighted by atomic mass is 79.9. The predicted molar refractivity (Wildman–Crippen MR) is 106 cm³/mol. The topological polar surface area (TPSA) is 65.8 Å². The molecule has 1 atom stereocenters. The first kappa shape index (κ1) is 21.9. The first-order valence-corrected chi connectivity index (χ1v) is 7.49. The number of carbonyl (C=O) groups excluding carboxylic acids is 1. The van der Waals surface area contributed by atoms with Crippen LogP contribution in [0.25, 0.3) is 6.08 Å². The smallest absolute Gasteiger partial charge is 0.262 e. The SMILES string of the molecule is C.C[C@H](NC(=O)/C(C#N)=C/c1cccc(Br)n1)c1ccccc1.S. The van der Waals surface area contributed by atoms with Crippen LogP contribution in [0, 0.1) is 11.3 Å². The van der Waals surface area contributed by atoms with Crippen LogP contribution in [0.4, 0.5) is 0 Å². The van der Waals surface area contributed by atoms with Gasteiger partial charge >= 0.3 is 0 Å². The average Bonchev–Trinajstić information content (AvgIpc) is 2.53. The molecule has 0 saturated heterocycles. The Morgan fingerprint density at radius 1 is 1.25 bits per heavy atom. The Bertz CT molecular complexity index is 741. The van der Waals surface area contributed by atoms with Crippen molar-refractivity contribution in [2.75, 3.05) is 0 Å². The van der Waals surface area contributed by atoms with Crippen molar-refractivity contribution < 1.29 is 4.79 Å². The summed E-state index contributed by atoms with van der Waals surface area (Å²) in [4.78, 5) is 16.4. The number of hydrogen-bond donors (Lipinski definition) is 1. The van der Waals surface area contributed by atoms with Gasteiger partial charge in [0.15, 0.2) is 0 Å². The van der Waals surface area contributed by atoms with Crippen molar-refractivity contribution in [1.82, 2.24) is 10.3 Å². The number of carbonyl (C=O) groups is 1. The molecule has 0 aliphatic heterocycles. The van der Waals surface area contributed by atoms with Gasteiger partial charge in [-0.1, -0.05) is 43.8 Å². The van der Waals surface area contributed by atoms with Crippen LogP contribution in [0.15, 0.2) is 58.7 Å². The van der Waals surface area contributed by atoms with Gasteiger partial charge in [0.25, 0.3) is 5.91 Å². The number of nitrogens with one attached hydrogen (secondary N) is 1. The van der Waals surface area contributed by atoms with Crippen LogP contribution in [0.5, 0.6) is 0 Å². The second-order valence-electron chi connectivity index (χ2n) is 4.66. The molecule has 2 aromatic rings. The van der Waals surface area contributed by atoms with Crippen LogP contribution in [-0.2, 0) is 4.79 Å². The Morgan fingerprint density at radius 2 is 1.92 bits per heavy atom. The molecule has 0 radical (unpaired) electrons. The highest BCUT2D eigenvalue weighted by Crippen LogP contribution is 2.13. The fourth-order valence-electron chi connectivity index (χ4n) is 1.90. The summed E-state index contributed by atoms with van der Waals surface area (Å²) in [7, 11) is 0. The quantitative estimate of drug-likeness (QED) is 0.466. The Balaban J connectivity index is 0.00000264. The first-order valence-electron chi connectivity index (χ1n) is 6.70. The molecule has 0 aliphatic rings. The van der Waals surface area contributed by atoms with E-state index in [0.717, 1.165) is 5.56 Å². The molecule has 4 nitrogen and oxygen atoms in total. The van der Waals surface area contributed by atoms with Crippen molar-refractivity contribution in [3.63, 3.8) is 0 Å². The lowest BCUT2D eigenvalue weighted by Gasteiger charge is -2.13. The maximum Gasteiger partial charge on any atom is 0.262 e. The van der Waals surface area contributed by atoms with E-state index >= 15 is 0 Å². The highest BCUT2D eigenvalue weighted by molar-refractivity contribution is 9.10. The first-order chi connectivity index (χ1) is 10.6. The molecule has 0 spiro atoms. The molecule has 1 aromatic heterocycles. The van der Waals surface area contributed by atoms with Gasteiger partial charge in [0, 0.05) is 0 Å². The predicted octanol–water partition coefficient (Wildman–Crippen LogP) is 4.38. The molecule has 0 fully saturated rings. The molecular formula is C18H20BrN3OS. The molecule has 1 heterocycles. The second kappa shape index (κ2) is 10.6. The van der Waals surface area contributed by atoms with Crippen LogP contribution in [-0.4, -0.2) is 10.9 Å². The summed E-state index contributed by atoms with van der Waals surface area (Å²) in [5.74, 6) is -0.416. The van der Waals surface area contributed by atoms with E-state index in [0.29, 0.717) is 10.3 Å². The molecule has 1 amide bonds. The minimum atomic E-state index is -0.416. The third-order valence-electron chi connectivity index (χ3n) is 3.04. The van der Waals surface area contributed by atoms with Gasteiger partial charge in [-0.3, -0.25) is 4.79 Å². The fraction of sp³-hybridized carbons (Fsp3) is 0.167. The van der Waals surface area contributed by atoms with Crippen molar-refractivity contribution in [1.29, 1.82) is 5.26 Å². The molecular weight excluding hydrogens is 386 g/mol. The van der Waals surface area contributed by atoms with Gasteiger partial charge in [0.2, 0.25) is 0 Å². The van der Waals surface area contributed by atoms with E-state index in [-0.39, 0.29) is 32.5 Å². The summed E-state index contributed by atoms with van der Waals surface area (Å²) in [5.41, 5.74) is 1.55. The van der Waals surface area contributed by atoms with Crippen molar-refractivity contribution in [3.8, 4) is 6.07 Å². The number of rotatable bonds is 4. The summed E-state index contributed by atoms with van der Waals surface area (Å²) >= 11 is 3.26. The molecule has 6 heteroatoms. The van der Waals surface area contributed by atoms with E-state index in [1.807, 2.05) is 43.3 Å². The van der Waals surface area contributed by atoms with Crippen LogP contribution in [0.2, 0.25) is 0 Å². The molecule has 0 unspecified atom stereocenters. The lowest BCUT2D eigenvalue weighted by atomic mass is 10.1. The minimum absolute atomic E-state index is 0. The number of aromatic nitrogens is 1. The normalized spacial score (nSPS) is 11.3. The number of nitrogens with zero attached hydrogens (tertiary/aromatic N) is 2. The number of benzene rings is 1. The van der Waals surface area contributed by atoms with Crippen LogP contribution in [0.1, 0.15) is 31.6 Å². The molecule has 0 bridgehead atoms. The number of hydrogen-bond acceptors (Lipinski definition) is 3. The third-order valence-corrected chi connectivity index (χ3v) is 3.48. The Morgan fingerprint density at radius 3 is 2.50 bits per heavy atom. The minimum Gasteiger partial charge on any atom is -0.345 e. The average molecular weight is 406 g/mol. The van der Waals surface area contributed by atoms with Crippen molar-refractivity contribution >= 4 is 41.4 Å². The van der Waals surface area contributed by atoms with E-state index in [2.05, 4.69) is 26.2 Å². The fourth-order valence-corrected chi connectivity index (χ4v) is 2.26. The summed E-state index contributed by atoms with van der Waals surface area (Å²) in [6, 6.07) is 16.6. The van der Waals surface area contributed by atoms with E-state index in [4.69, 9.17) is 0 Å².